The third-order valence-electron chi connectivity index (χ3n) is 8.30. The number of halogens is 2. The summed E-state index contributed by atoms with van der Waals surface area (Å²) in [6, 6.07) is 13.7. The first-order valence-corrected chi connectivity index (χ1v) is 15.0. The molecule has 6 N–H and O–H groups in total. The fourth-order valence-electron chi connectivity index (χ4n) is 6.00. The number of pyridine rings is 1. The maximum atomic E-state index is 14.4. The zero-order valence-electron chi connectivity index (χ0n) is 24.6. The number of nitrogens with zero attached hydrogens (tertiary/aromatic N) is 3. The molecule has 1 amide bonds. The minimum atomic E-state index is -0.571. The number of amides is 1. The second-order valence-corrected chi connectivity index (χ2v) is 11.5. The molecule has 11 heteroatoms. The predicted molar refractivity (Wildman–Crippen MR) is 172 cm³/mol. The molecule has 9 nitrogen and oxygen atoms in total. The molecule has 1 fully saturated rings. The molecule has 6 rings (SSSR count). The highest BCUT2D eigenvalue weighted by Gasteiger charge is 2.32. The average Bonchev–Trinajstić information content (AvgIpc) is 3.46. The van der Waals surface area contributed by atoms with Gasteiger partial charge in [-0.25, -0.2) is 13.8 Å². The third-order valence-corrected chi connectivity index (χ3v) is 8.30. The maximum Gasteiger partial charge on any atom is 0.246 e. The van der Waals surface area contributed by atoms with E-state index in [0.717, 1.165) is 54.3 Å². The summed E-state index contributed by atoms with van der Waals surface area (Å²) in [4.78, 5) is 23.3. The first-order chi connectivity index (χ1) is 21.7. The van der Waals surface area contributed by atoms with Gasteiger partial charge in [-0.05, 0) is 84.9 Å². The lowest BCUT2D eigenvalue weighted by atomic mass is 9.90. The van der Waals surface area contributed by atoms with Crippen molar-refractivity contribution in [3.8, 4) is 16.9 Å². The molecule has 232 valence electrons. The van der Waals surface area contributed by atoms with Gasteiger partial charge in [0.25, 0.3) is 0 Å². The highest BCUT2D eigenvalue weighted by atomic mass is 19.1. The van der Waals surface area contributed by atoms with Crippen LogP contribution in [0, 0.1) is 5.82 Å². The van der Waals surface area contributed by atoms with Crippen molar-refractivity contribution in [3.63, 3.8) is 0 Å². The summed E-state index contributed by atoms with van der Waals surface area (Å²) in [5, 5.41) is 19.7. The molecule has 1 unspecified atom stereocenters. The molecule has 2 aromatic carbocycles. The number of carbonyl (C=O) groups is 1. The van der Waals surface area contributed by atoms with Crippen molar-refractivity contribution in [1.29, 1.82) is 0 Å². The van der Waals surface area contributed by atoms with Crippen molar-refractivity contribution in [2.45, 2.75) is 50.4 Å². The van der Waals surface area contributed by atoms with Gasteiger partial charge in [-0.2, -0.15) is 0 Å². The Morgan fingerprint density at radius 3 is 2.60 bits per heavy atom. The number of nitrogens with two attached hydrogens (primary N) is 1. The van der Waals surface area contributed by atoms with Crippen LogP contribution in [-0.4, -0.2) is 51.4 Å². The standard InChI is InChI=1S/C34H35F2N7O2/c1-20(39-25-6-8-26(9-7-25)41-34(45)31-19-43-18-23(35)5-12-32(43)42-31)30-15-24(36)17-38-33(30)40-27-4-2-3-21(13-27)29-11-10-28(44)14-22(29)16-37/h2-5,10-15,17-18,25-26,31,39,44H,1,6-9,16,19,37H2,(H,38,40)(H,41,45). The second kappa shape index (κ2) is 12.9. The highest BCUT2D eigenvalue weighted by molar-refractivity contribution is 6.00. The summed E-state index contributed by atoms with van der Waals surface area (Å²) < 4.78 is 27.9. The van der Waals surface area contributed by atoms with Crippen LogP contribution in [0.4, 0.5) is 20.3 Å². The van der Waals surface area contributed by atoms with Crippen molar-refractivity contribution in [1.82, 2.24) is 20.5 Å². The van der Waals surface area contributed by atoms with Crippen LogP contribution in [0.2, 0.25) is 0 Å². The van der Waals surface area contributed by atoms with Gasteiger partial charge >= 0.3 is 0 Å². The van der Waals surface area contributed by atoms with Crippen LogP contribution >= 0.6 is 0 Å². The van der Waals surface area contributed by atoms with E-state index in [1.807, 2.05) is 30.3 Å². The number of carbonyl (C=O) groups excluding carboxylic acids is 1. The molecule has 0 saturated heterocycles. The number of hydrogen-bond donors (Lipinski definition) is 5. The van der Waals surface area contributed by atoms with Gasteiger partial charge in [-0.1, -0.05) is 24.8 Å². The number of aromatic hydroxyl groups is 1. The SMILES string of the molecule is C=C(NC1CCC(NC(=O)C2CN3C=C(F)C=CC3=N2)CC1)c1cc(F)cnc1Nc1cccc(-c2ccc(O)cc2CN)c1. The molecule has 1 atom stereocenters. The molecule has 1 aromatic heterocycles. The van der Waals surface area contributed by atoms with E-state index in [1.54, 1.807) is 23.1 Å². The van der Waals surface area contributed by atoms with Crippen LogP contribution < -0.4 is 21.7 Å². The minimum Gasteiger partial charge on any atom is -0.508 e. The van der Waals surface area contributed by atoms with Gasteiger partial charge in [-0.3, -0.25) is 9.79 Å². The number of rotatable bonds is 9. The van der Waals surface area contributed by atoms with E-state index in [9.17, 15) is 18.7 Å². The lowest BCUT2D eigenvalue weighted by molar-refractivity contribution is -0.123. The Balaban J connectivity index is 1.06. The molecule has 0 radical (unpaired) electrons. The van der Waals surface area contributed by atoms with Crippen molar-refractivity contribution < 1.29 is 18.7 Å². The van der Waals surface area contributed by atoms with Crippen molar-refractivity contribution in [3.05, 3.63) is 102 Å². The van der Waals surface area contributed by atoms with Crippen molar-refractivity contribution >= 4 is 28.9 Å². The van der Waals surface area contributed by atoms with E-state index >= 15 is 0 Å². The third kappa shape index (κ3) is 6.88. The van der Waals surface area contributed by atoms with Crippen LogP contribution in [-0.2, 0) is 11.3 Å². The number of anilines is 2. The first kappa shape index (κ1) is 30.0. The van der Waals surface area contributed by atoms with E-state index in [2.05, 4.69) is 32.5 Å². The van der Waals surface area contributed by atoms with E-state index in [4.69, 9.17) is 5.73 Å². The van der Waals surface area contributed by atoms with Gasteiger partial charge < -0.3 is 31.7 Å². The Labute approximate surface area is 260 Å². The molecule has 2 aliphatic heterocycles. The number of amidine groups is 1. The van der Waals surface area contributed by atoms with E-state index in [-0.39, 0.29) is 36.1 Å². The number of aromatic nitrogens is 1. The molecule has 3 aromatic rings. The Morgan fingerprint density at radius 2 is 1.82 bits per heavy atom. The van der Waals surface area contributed by atoms with Crippen LogP contribution in [0.15, 0.2) is 90.5 Å². The molecular formula is C34H35F2N7O2. The van der Waals surface area contributed by atoms with Gasteiger partial charge in [0, 0.05) is 41.8 Å². The Hall–Kier alpha value is -5.03. The van der Waals surface area contributed by atoms with Crippen LogP contribution in [0.3, 0.4) is 0 Å². The summed E-state index contributed by atoms with van der Waals surface area (Å²) in [6.45, 7) is 4.80. The monoisotopic (exact) mass is 611 g/mol. The zero-order chi connectivity index (χ0) is 31.5. The molecule has 0 bridgehead atoms. The van der Waals surface area contributed by atoms with Gasteiger partial charge in [0.15, 0.2) is 0 Å². The number of hydrogen-bond acceptors (Lipinski definition) is 8. The second-order valence-electron chi connectivity index (χ2n) is 11.5. The Morgan fingerprint density at radius 1 is 1.04 bits per heavy atom. The highest BCUT2D eigenvalue weighted by Crippen LogP contribution is 2.31. The van der Waals surface area contributed by atoms with Crippen LogP contribution in [0.1, 0.15) is 36.8 Å². The summed E-state index contributed by atoms with van der Waals surface area (Å²) in [5.74, 6) is 0.207. The molecule has 45 heavy (non-hydrogen) atoms. The van der Waals surface area contributed by atoms with Gasteiger partial charge in [0.05, 0.1) is 12.7 Å². The minimum absolute atomic E-state index is 0.0122. The number of phenolic OH excluding ortho intramolecular Hbond substituents is 1. The largest absolute Gasteiger partial charge is 0.508 e. The summed E-state index contributed by atoms with van der Waals surface area (Å²) in [7, 11) is 0. The van der Waals surface area contributed by atoms with Crippen LogP contribution in [0.25, 0.3) is 16.8 Å². The van der Waals surface area contributed by atoms with Crippen LogP contribution in [0.5, 0.6) is 5.75 Å². The summed E-state index contributed by atoms with van der Waals surface area (Å²) in [6.07, 6.45) is 8.54. The summed E-state index contributed by atoms with van der Waals surface area (Å²) in [5.41, 5.74) is 10.3. The predicted octanol–water partition coefficient (Wildman–Crippen LogP) is 5.25. The molecule has 1 saturated carbocycles. The molecule has 3 heterocycles. The van der Waals surface area contributed by atoms with E-state index in [1.165, 1.54) is 18.3 Å². The first-order valence-electron chi connectivity index (χ1n) is 15.0. The van der Waals surface area contributed by atoms with Gasteiger partial charge in [0.1, 0.15) is 35.1 Å². The average molecular weight is 612 g/mol. The smallest absolute Gasteiger partial charge is 0.246 e. The molecular weight excluding hydrogens is 576 g/mol. The maximum absolute atomic E-state index is 14.4. The number of aliphatic imine (C=N–C) groups is 1. The lowest BCUT2D eigenvalue weighted by Gasteiger charge is -2.31. The van der Waals surface area contributed by atoms with Gasteiger partial charge in [0.2, 0.25) is 5.91 Å². The number of benzene rings is 2. The quantitative estimate of drug-likeness (QED) is 0.224. The van der Waals surface area contributed by atoms with Gasteiger partial charge in [-0.15, -0.1) is 0 Å². The van der Waals surface area contributed by atoms with E-state index in [0.29, 0.717) is 29.5 Å². The summed E-state index contributed by atoms with van der Waals surface area (Å²) >= 11 is 0. The number of fused-ring (bicyclic) bond motifs is 1. The van der Waals surface area contributed by atoms with E-state index < -0.39 is 11.9 Å². The molecule has 1 aliphatic carbocycles. The number of nitrogens with one attached hydrogen (secondary N) is 3. The van der Waals surface area contributed by atoms with Crippen molar-refractivity contribution in [2.24, 2.45) is 10.7 Å². The lowest BCUT2D eigenvalue weighted by Crippen LogP contribution is -2.45. The topological polar surface area (TPSA) is 128 Å². The number of allylic oxidation sites excluding steroid dienone is 2. The molecule has 0 spiro atoms. The normalized spacial score (nSPS) is 20.6. The Kier molecular flexibility index (Phi) is 8.61. The Bertz CT molecular complexity index is 1710. The number of phenols is 1. The zero-order valence-corrected chi connectivity index (χ0v) is 24.6. The fourth-order valence-corrected chi connectivity index (χ4v) is 6.00. The molecule has 3 aliphatic rings. The fraction of sp³-hybridized carbons (Fsp3) is 0.265. The van der Waals surface area contributed by atoms with Crippen molar-refractivity contribution in [2.75, 3.05) is 11.9 Å².